The first-order valence-corrected chi connectivity index (χ1v) is 13.8. The summed E-state index contributed by atoms with van der Waals surface area (Å²) < 4.78 is 39.7. The van der Waals surface area contributed by atoms with E-state index in [4.69, 9.17) is 9.47 Å². The molecule has 0 N–H and O–H groups in total. The Morgan fingerprint density at radius 2 is 1.75 bits per heavy atom. The van der Waals surface area contributed by atoms with Crippen LogP contribution in [-0.4, -0.2) is 73.5 Å². The quantitative estimate of drug-likeness (QED) is 0.526. The van der Waals surface area contributed by atoms with Gasteiger partial charge in [0.05, 0.1) is 29.7 Å². The Morgan fingerprint density at radius 3 is 2.44 bits per heavy atom. The molecule has 3 aromatic rings. The van der Waals surface area contributed by atoms with E-state index in [0.29, 0.717) is 38.5 Å². The number of morpholine rings is 1. The molecule has 0 bridgehead atoms. The summed E-state index contributed by atoms with van der Waals surface area (Å²) in [6.45, 7) is 1.44. The maximum Gasteiger partial charge on any atom is 0.248 e. The second-order valence-electron chi connectivity index (χ2n) is 9.90. The van der Waals surface area contributed by atoms with Crippen LogP contribution in [0.5, 0.6) is 5.75 Å². The van der Waals surface area contributed by atoms with Gasteiger partial charge < -0.3 is 14.4 Å². The monoisotopic (exact) mass is 507 g/mol. The summed E-state index contributed by atoms with van der Waals surface area (Å²) in [7, 11) is -1.99. The Balaban J connectivity index is 1.17. The second kappa shape index (κ2) is 8.83. The van der Waals surface area contributed by atoms with Gasteiger partial charge in [0, 0.05) is 30.7 Å². The highest BCUT2D eigenvalue weighted by Gasteiger charge is 2.47. The summed E-state index contributed by atoms with van der Waals surface area (Å²) in [5.74, 6) is 0.821. The van der Waals surface area contributed by atoms with Crippen LogP contribution in [0.25, 0.3) is 22.0 Å². The third kappa shape index (κ3) is 4.15. The lowest BCUT2D eigenvalue weighted by Crippen LogP contribution is -2.59. The van der Waals surface area contributed by atoms with Gasteiger partial charge in [-0.05, 0) is 67.1 Å². The molecule has 1 amide bonds. The van der Waals surface area contributed by atoms with Gasteiger partial charge in [0.2, 0.25) is 15.9 Å². The van der Waals surface area contributed by atoms with Crippen molar-refractivity contribution >= 4 is 26.8 Å². The molecule has 1 aliphatic carbocycles. The first kappa shape index (κ1) is 23.4. The fourth-order valence-corrected chi connectivity index (χ4v) is 6.79. The lowest BCUT2D eigenvalue weighted by Gasteiger charge is -2.46. The van der Waals surface area contributed by atoms with E-state index in [9.17, 15) is 13.2 Å². The molecule has 36 heavy (non-hydrogen) atoms. The van der Waals surface area contributed by atoms with Gasteiger partial charge in [0.1, 0.15) is 12.4 Å². The zero-order valence-corrected chi connectivity index (χ0v) is 21.0. The van der Waals surface area contributed by atoms with Crippen molar-refractivity contribution in [2.75, 3.05) is 33.4 Å². The number of rotatable bonds is 5. The van der Waals surface area contributed by atoms with Crippen LogP contribution in [0.3, 0.4) is 0 Å². The van der Waals surface area contributed by atoms with Crippen molar-refractivity contribution in [1.29, 1.82) is 0 Å². The highest BCUT2D eigenvalue weighted by Crippen LogP contribution is 2.37. The molecule has 1 spiro atoms. The van der Waals surface area contributed by atoms with Crippen LogP contribution >= 0.6 is 0 Å². The third-order valence-electron chi connectivity index (χ3n) is 7.65. The number of pyridine rings is 1. The summed E-state index contributed by atoms with van der Waals surface area (Å²) in [5.41, 5.74) is 2.26. The van der Waals surface area contributed by atoms with Crippen LogP contribution in [0, 0.1) is 0 Å². The molecule has 3 aliphatic rings. The van der Waals surface area contributed by atoms with E-state index in [0.717, 1.165) is 40.6 Å². The smallest absolute Gasteiger partial charge is 0.248 e. The molecule has 6 rings (SSSR count). The molecule has 0 unspecified atom stereocenters. The Hall–Kier alpha value is -3.01. The van der Waals surface area contributed by atoms with E-state index < -0.39 is 15.6 Å². The van der Waals surface area contributed by atoms with Crippen LogP contribution in [0.4, 0.5) is 0 Å². The molecule has 3 fully saturated rings. The summed E-state index contributed by atoms with van der Waals surface area (Å²) in [4.78, 5) is 18.9. The fourth-order valence-electron chi connectivity index (χ4n) is 5.35. The van der Waals surface area contributed by atoms with Crippen LogP contribution in [-0.2, 0) is 19.6 Å². The van der Waals surface area contributed by atoms with E-state index in [1.54, 1.807) is 29.7 Å². The zero-order chi connectivity index (χ0) is 24.9. The van der Waals surface area contributed by atoms with E-state index in [-0.39, 0.29) is 17.4 Å². The largest absolute Gasteiger partial charge is 0.496 e. The zero-order valence-electron chi connectivity index (χ0n) is 20.2. The predicted molar refractivity (Wildman–Crippen MR) is 135 cm³/mol. The van der Waals surface area contributed by atoms with Gasteiger partial charge in [-0.2, -0.15) is 4.31 Å². The summed E-state index contributed by atoms with van der Waals surface area (Å²) in [5, 5.41) is 0.928. The van der Waals surface area contributed by atoms with Gasteiger partial charge in [-0.25, -0.2) is 8.42 Å². The minimum Gasteiger partial charge on any atom is -0.496 e. The number of amides is 1. The topological polar surface area (TPSA) is 89.0 Å². The predicted octanol–water partition coefficient (Wildman–Crippen LogP) is 3.45. The van der Waals surface area contributed by atoms with Crippen molar-refractivity contribution in [1.82, 2.24) is 14.2 Å². The first-order valence-electron chi connectivity index (χ1n) is 12.4. The molecule has 2 aromatic carbocycles. The Bertz CT molecular complexity index is 1410. The lowest BCUT2D eigenvalue weighted by molar-refractivity contribution is -0.170. The second-order valence-corrected chi connectivity index (χ2v) is 11.8. The Labute approximate surface area is 210 Å². The molecular weight excluding hydrogens is 478 g/mol. The number of carbonyl (C=O) groups excluding carboxylic acids is 1. The molecule has 9 heteroatoms. The fraction of sp³-hybridized carbons (Fsp3) is 0.407. The van der Waals surface area contributed by atoms with Crippen molar-refractivity contribution in [3.05, 3.63) is 54.7 Å². The summed E-state index contributed by atoms with van der Waals surface area (Å²) >= 11 is 0. The van der Waals surface area contributed by atoms with Gasteiger partial charge in [-0.1, -0.05) is 18.2 Å². The van der Waals surface area contributed by atoms with Gasteiger partial charge in [-0.15, -0.1) is 0 Å². The molecule has 0 radical (unpaired) electrons. The molecule has 2 saturated heterocycles. The Morgan fingerprint density at radius 1 is 1.03 bits per heavy atom. The highest BCUT2D eigenvalue weighted by molar-refractivity contribution is 7.89. The molecule has 2 aliphatic heterocycles. The third-order valence-corrected chi connectivity index (χ3v) is 9.56. The van der Waals surface area contributed by atoms with Crippen molar-refractivity contribution in [2.24, 2.45) is 0 Å². The van der Waals surface area contributed by atoms with Crippen molar-refractivity contribution in [3.63, 3.8) is 0 Å². The molecule has 3 heterocycles. The van der Waals surface area contributed by atoms with E-state index in [1.165, 1.54) is 0 Å². The van der Waals surface area contributed by atoms with Crippen LogP contribution in [0.2, 0.25) is 0 Å². The number of aromatic nitrogens is 1. The van der Waals surface area contributed by atoms with Gasteiger partial charge in [0.25, 0.3) is 0 Å². The maximum atomic E-state index is 13.4. The summed E-state index contributed by atoms with van der Waals surface area (Å²) in [6, 6.07) is 15.1. The number of fused-ring (bicyclic) bond motifs is 1. The number of hydrogen-bond donors (Lipinski definition) is 0. The van der Waals surface area contributed by atoms with E-state index >= 15 is 0 Å². The summed E-state index contributed by atoms with van der Waals surface area (Å²) in [6.07, 6.45) is 5.01. The molecule has 1 aromatic heterocycles. The van der Waals surface area contributed by atoms with Gasteiger partial charge >= 0.3 is 0 Å². The van der Waals surface area contributed by atoms with Crippen molar-refractivity contribution in [3.8, 4) is 16.9 Å². The van der Waals surface area contributed by atoms with E-state index in [2.05, 4.69) is 4.98 Å². The standard InChI is InChI=1S/C27H29N3O5S/c1-34-25-10-13-28-24-16-20(4-9-23(24)25)19-2-7-22(8-3-19)36(32,33)29-14-11-27(12-15-29)18-30(21-5-6-21)26(31)17-35-27/h2-4,7-10,13,16,21H,5-6,11-12,14-15,17-18H2,1H3. The number of carbonyl (C=O) groups is 1. The average Bonchev–Trinajstić information content (AvgIpc) is 3.75. The SMILES string of the molecule is COc1ccnc2cc(-c3ccc(S(=O)(=O)N4CCC5(CC4)CN(C4CC4)C(=O)CO5)cc3)ccc12. The number of nitrogens with zero attached hydrogens (tertiary/aromatic N) is 3. The lowest BCUT2D eigenvalue weighted by atomic mass is 9.90. The molecule has 0 atom stereocenters. The van der Waals surface area contributed by atoms with E-state index in [1.807, 2.05) is 41.3 Å². The maximum absolute atomic E-state index is 13.4. The van der Waals surface area contributed by atoms with Crippen LogP contribution in [0.15, 0.2) is 59.6 Å². The number of methoxy groups -OCH3 is 1. The molecule has 1 saturated carbocycles. The number of piperidine rings is 1. The van der Waals surface area contributed by atoms with Gasteiger partial charge in [0.15, 0.2) is 0 Å². The minimum atomic E-state index is -3.62. The number of hydrogen-bond acceptors (Lipinski definition) is 6. The first-order chi connectivity index (χ1) is 17.4. The van der Waals surface area contributed by atoms with Gasteiger partial charge in [-0.3, -0.25) is 9.78 Å². The average molecular weight is 508 g/mol. The van der Waals surface area contributed by atoms with Crippen molar-refractivity contribution in [2.45, 2.75) is 42.2 Å². The highest BCUT2D eigenvalue weighted by atomic mass is 32.2. The Kier molecular flexibility index (Phi) is 5.74. The van der Waals surface area contributed by atoms with Crippen LogP contribution < -0.4 is 4.74 Å². The van der Waals surface area contributed by atoms with Crippen molar-refractivity contribution < 1.29 is 22.7 Å². The number of benzene rings is 2. The molecule has 188 valence electrons. The molecule has 8 nitrogen and oxygen atoms in total. The molecular formula is C27H29N3O5S. The number of ether oxygens (including phenoxy) is 2. The number of sulfonamides is 1. The van der Waals surface area contributed by atoms with Crippen LogP contribution in [0.1, 0.15) is 25.7 Å². The normalized spacial score (nSPS) is 20.7. The minimum absolute atomic E-state index is 0.0552.